The molecule has 1 aliphatic rings. The van der Waals surface area contributed by atoms with Gasteiger partial charge in [-0.05, 0) is 23.2 Å². The van der Waals surface area contributed by atoms with E-state index in [2.05, 4.69) is 0 Å². The third-order valence-electron chi connectivity index (χ3n) is 1.62. The number of rotatable bonds is 0. The maximum Gasteiger partial charge on any atom is 0.330 e. The van der Waals surface area contributed by atoms with Gasteiger partial charge in [0.15, 0.2) is 0 Å². The third-order valence-corrected chi connectivity index (χ3v) is 1.62. The molecule has 1 heterocycles. The van der Waals surface area contributed by atoms with E-state index in [-0.39, 0.29) is 0 Å². The van der Waals surface area contributed by atoms with Crippen molar-refractivity contribution in [1.29, 1.82) is 0 Å². The Hall–Kier alpha value is -0.955. The van der Waals surface area contributed by atoms with E-state index in [4.69, 9.17) is 10.4 Å². The Balaban J connectivity index is 2.52. The zero-order chi connectivity index (χ0) is 6.97. The second kappa shape index (κ2) is 2.02. The highest BCUT2D eigenvalue weighted by Gasteiger charge is 2.11. The number of hydrogen-bond donors (Lipinski definition) is 1. The van der Waals surface area contributed by atoms with Gasteiger partial charge in [-0.3, -0.25) is 0 Å². The Bertz CT molecular complexity index is 262. The Labute approximate surface area is 60.3 Å². The van der Waals surface area contributed by atoms with Crippen LogP contribution in [-0.2, 0) is 11.3 Å². The maximum absolute atomic E-state index is 5.56. The highest BCUT2D eigenvalue weighted by atomic mass is 16.4. The van der Waals surface area contributed by atoms with Crippen LogP contribution in [0.2, 0.25) is 0 Å². The van der Waals surface area contributed by atoms with Gasteiger partial charge in [0.05, 0.1) is 6.61 Å². The summed E-state index contributed by atoms with van der Waals surface area (Å²) in [5, 5.41) is 0. The summed E-state index contributed by atoms with van der Waals surface area (Å²) >= 11 is 0. The van der Waals surface area contributed by atoms with Crippen LogP contribution in [0.4, 0.5) is 5.69 Å². The maximum atomic E-state index is 5.56. The standard InChI is InChI=1S/C7H7BNO/c9-6-1-2-7-5(3-6)4-10-8-7/h1-3H,4,9H2. The molecule has 0 bridgehead atoms. The van der Waals surface area contributed by atoms with Gasteiger partial charge < -0.3 is 10.4 Å². The Morgan fingerprint density at radius 1 is 1.50 bits per heavy atom. The van der Waals surface area contributed by atoms with Crippen molar-refractivity contribution in [3.63, 3.8) is 0 Å². The van der Waals surface area contributed by atoms with E-state index in [1.54, 1.807) is 7.48 Å². The summed E-state index contributed by atoms with van der Waals surface area (Å²) in [6.07, 6.45) is 0. The van der Waals surface area contributed by atoms with Crippen molar-refractivity contribution in [2.45, 2.75) is 6.61 Å². The van der Waals surface area contributed by atoms with Crippen LogP contribution >= 0.6 is 0 Å². The van der Waals surface area contributed by atoms with Crippen LogP contribution in [0.3, 0.4) is 0 Å². The quantitative estimate of drug-likeness (QED) is 0.399. The molecule has 1 radical (unpaired) electrons. The molecule has 2 nitrogen and oxygen atoms in total. The fraction of sp³-hybridized carbons (Fsp3) is 0.143. The van der Waals surface area contributed by atoms with E-state index in [9.17, 15) is 0 Å². The van der Waals surface area contributed by atoms with Crippen LogP contribution in [0.5, 0.6) is 0 Å². The van der Waals surface area contributed by atoms with Gasteiger partial charge in [0.1, 0.15) is 0 Å². The summed E-state index contributed by atoms with van der Waals surface area (Å²) in [6.45, 7) is 0.667. The van der Waals surface area contributed by atoms with Gasteiger partial charge in [-0.1, -0.05) is 6.07 Å². The summed E-state index contributed by atoms with van der Waals surface area (Å²) in [4.78, 5) is 0. The molecule has 0 unspecified atom stereocenters. The fourth-order valence-electron chi connectivity index (χ4n) is 1.09. The zero-order valence-electron chi connectivity index (χ0n) is 5.50. The third kappa shape index (κ3) is 0.791. The second-order valence-corrected chi connectivity index (χ2v) is 2.39. The van der Waals surface area contributed by atoms with Gasteiger partial charge in [0.25, 0.3) is 0 Å². The molecule has 0 atom stereocenters. The molecule has 1 aromatic carbocycles. The number of nitrogen functional groups attached to an aromatic ring is 1. The molecule has 49 valence electrons. The topological polar surface area (TPSA) is 35.2 Å². The number of fused-ring (bicyclic) bond motifs is 1. The van der Waals surface area contributed by atoms with Crippen LogP contribution in [0.15, 0.2) is 18.2 Å². The monoisotopic (exact) mass is 132 g/mol. The van der Waals surface area contributed by atoms with Gasteiger partial charge >= 0.3 is 7.48 Å². The first-order valence-corrected chi connectivity index (χ1v) is 3.19. The van der Waals surface area contributed by atoms with Crippen molar-refractivity contribution >= 4 is 18.6 Å². The molecule has 2 N–H and O–H groups in total. The Morgan fingerprint density at radius 2 is 2.40 bits per heavy atom. The molecule has 3 heteroatoms. The fourth-order valence-corrected chi connectivity index (χ4v) is 1.09. The van der Waals surface area contributed by atoms with E-state index in [1.165, 1.54) is 5.56 Å². The van der Waals surface area contributed by atoms with Crippen molar-refractivity contribution in [3.05, 3.63) is 23.8 Å². The molecule has 0 aliphatic carbocycles. The molecule has 1 aromatic rings. The first-order valence-electron chi connectivity index (χ1n) is 3.19. The average molecular weight is 132 g/mol. The lowest BCUT2D eigenvalue weighted by molar-refractivity contribution is 0.345. The molecular formula is C7H7BNO. The van der Waals surface area contributed by atoms with Gasteiger partial charge in [-0.15, -0.1) is 0 Å². The summed E-state index contributed by atoms with van der Waals surface area (Å²) in [6, 6.07) is 5.79. The summed E-state index contributed by atoms with van der Waals surface area (Å²) in [5.41, 5.74) is 8.69. The van der Waals surface area contributed by atoms with E-state index in [0.717, 1.165) is 11.2 Å². The average Bonchev–Trinajstić information content (AvgIpc) is 2.33. The van der Waals surface area contributed by atoms with Crippen molar-refractivity contribution in [2.75, 3.05) is 5.73 Å². The van der Waals surface area contributed by atoms with Gasteiger partial charge in [-0.2, -0.15) is 0 Å². The molecule has 0 spiro atoms. The summed E-state index contributed by atoms with van der Waals surface area (Å²) in [5.74, 6) is 0. The van der Waals surface area contributed by atoms with E-state index < -0.39 is 0 Å². The predicted octanol–water partition coefficient (Wildman–Crippen LogP) is 0.0435. The number of anilines is 1. The van der Waals surface area contributed by atoms with Gasteiger partial charge in [-0.25, -0.2) is 0 Å². The van der Waals surface area contributed by atoms with Gasteiger partial charge in [0.2, 0.25) is 0 Å². The van der Waals surface area contributed by atoms with Crippen LogP contribution in [0.1, 0.15) is 5.56 Å². The lowest BCUT2D eigenvalue weighted by Crippen LogP contribution is -2.10. The van der Waals surface area contributed by atoms with Crippen LogP contribution in [0, 0.1) is 0 Å². The largest absolute Gasteiger partial charge is 0.430 e. The summed E-state index contributed by atoms with van der Waals surface area (Å²) in [7, 11) is 1.76. The normalized spacial score (nSPS) is 14.4. The van der Waals surface area contributed by atoms with E-state index >= 15 is 0 Å². The first kappa shape index (κ1) is 5.80. The van der Waals surface area contributed by atoms with Crippen LogP contribution < -0.4 is 11.2 Å². The zero-order valence-corrected chi connectivity index (χ0v) is 5.50. The molecule has 0 aromatic heterocycles. The number of hydrogen-bond acceptors (Lipinski definition) is 2. The lowest BCUT2D eigenvalue weighted by Gasteiger charge is -1.96. The number of benzene rings is 1. The molecule has 0 amide bonds. The highest BCUT2D eigenvalue weighted by Crippen LogP contribution is 2.09. The van der Waals surface area contributed by atoms with Crippen molar-refractivity contribution in [1.82, 2.24) is 0 Å². The molecule has 1 aliphatic heterocycles. The lowest BCUT2D eigenvalue weighted by atomic mass is 9.87. The molecule has 0 fully saturated rings. The van der Waals surface area contributed by atoms with Gasteiger partial charge in [0, 0.05) is 5.69 Å². The predicted molar refractivity (Wildman–Crippen MR) is 41.0 cm³/mol. The minimum atomic E-state index is 0.667. The van der Waals surface area contributed by atoms with Crippen molar-refractivity contribution < 1.29 is 4.65 Å². The van der Waals surface area contributed by atoms with Crippen molar-refractivity contribution in [2.24, 2.45) is 0 Å². The molecule has 2 rings (SSSR count). The van der Waals surface area contributed by atoms with Crippen molar-refractivity contribution in [3.8, 4) is 0 Å². The highest BCUT2D eigenvalue weighted by molar-refractivity contribution is 6.48. The SMILES string of the molecule is Nc1ccc2c(c1)CO[B]2. The molecular weight excluding hydrogens is 125 g/mol. The second-order valence-electron chi connectivity index (χ2n) is 2.39. The minimum absolute atomic E-state index is 0.667. The molecule has 10 heavy (non-hydrogen) atoms. The van der Waals surface area contributed by atoms with Crippen LogP contribution in [-0.4, -0.2) is 7.48 Å². The van der Waals surface area contributed by atoms with E-state index in [1.807, 2.05) is 18.2 Å². The van der Waals surface area contributed by atoms with Crippen LogP contribution in [0.25, 0.3) is 0 Å². The number of nitrogens with two attached hydrogens (primary N) is 1. The smallest absolute Gasteiger partial charge is 0.330 e. The van der Waals surface area contributed by atoms with E-state index in [0.29, 0.717) is 6.61 Å². The first-order chi connectivity index (χ1) is 4.86. The minimum Gasteiger partial charge on any atom is -0.430 e. The molecule has 0 saturated heterocycles. The Morgan fingerprint density at radius 3 is 3.30 bits per heavy atom. The summed E-state index contributed by atoms with van der Waals surface area (Å²) < 4.78 is 5.09. The molecule has 0 saturated carbocycles. The Kier molecular flexibility index (Phi) is 1.17.